The number of nitrogens with zero attached hydrogens (tertiary/aromatic N) is 4. The summed E-state index contributed by atoms with van der Waals surface area (Å²) in [6, 6.07) is 16.7. The van der Waals surface area contributed by atoms with Gasteiger partial charge in [-0.25, -0.2) is 15.1 Å². The molecule has 0 amide bonds. The van der Waals surface area contributed by atoms with Crippen LogP contribution in [0.25, 0.3) is 32.9 Å². The molecule has 0 bridgehead atoms. The van der Waals surface area contributed by atoms with Gasteiger partial charge in [0.15, 0.2) is 5.82 Å². The summed E-state index contributed by atoms with van der Waals surface area (Å²) in [7, 11) is 2.98. The van der Waals surface area contributed by atoms with Crippen molar-refractivity contribution < 1.29 is 9.47 Å². The van der Waals surface area contributed by atoms with Crippen molar-refractivity contribution in [1.82, 2.24) is 9.97 Å². The van der Waals surface area contributed by atoms with E-state index in [9.17, 15) is 0 Å². The number of fused-ring (bicyclic) bond motifs is 1. The van der Waals surface area contributed by atoms with Crippen molar-refractivity contribution in [2.75, 3.05) is 14.2 Å². The number of hydrogen-bond acceptors (Lipinski definition) is 5. The van der Waals surface area contributed by atoms with E-state index >= 15 is 0 Å². The average molecular weight is 342 g/mol. The predicted octanol–water partition coefficient (Wildman–Crippen LogP) is 4.06. The molecule has 0 aliphatic carbocycles. The van der Waals surface area contributed by atoms with Crippen LogP contribution >= 0.6 is 0 Å². The van der Waals surface area contributed by atoms with Gasteiger partial charge in [-0.3, -0.25) is 0 Å². The summed E-state index contributed by atoms with van der Waals surface area (Å²) in [6.07, 6.45) is 0. The molecule has 2 aromatic carbocycles. The minimum atomic E-state index is -0.115. The van der Waals surface area contributed by atoms with E-state index in [4.69, 9.17) is 21.3 Å². The maximum Gasteiger partial charge on any atom is 0.303 e. The molecule has 26 heavy (non-hydrogen) atoms. The fourth-order valence-corrected chi connectivity index (χ4v) is 2.59. The van der Waals surface area contributed by atoms with Crippen molar-refractivity contribution in [2.24, 2.45) is 0 Å². The number of ether oxygens (including phenoxy) is 2. The summed E-state index contributed by atoms with van der Waals surface area (Å²) in [5.74, 6) is 1.19. The van der Waals surface area contributed by atoms with Gasteiger partial charge in [0.1, 0.15) is 5.76 Å². The van der Waals surface area contributed by atoms with Crippen LogP contribution in [0.2, 0.25) is 0 Å². The van der Waals surface area contributed by atoms with Crippen LogP contribution in [0.15, 0.2) is 54.2 Å². The fraction of sp³-hybridized carbons (Fsp3) is 0.100. The molecule has 0 radical (unpaired) electrons. The molecule has 0 spiro atoms. The summed E-state index contributed by atoms with van der Waals surface area (Å²) in [4.78, 5) is 12.3. The second-order valence-electron chi connectivity index (χ2n) is 5.26. The molecular weight excluding hydrogens is 328 g/mol. The van der Waals surface area contributed by atoms with Gasteiger partial charge in [0.2, 0.25) is 5.88 Å². The van der Waals surface area contributed by atoms with Crippen LogP contribution in [-0.4, -0.2) is 24.2 Å². The second kappa shape index (κ2) is 7.33. The van der Waals surface area contributed by atoms with Crippen LogP contribution in [0.3, 0.4) is 0 Å². The highest BCUT2D eigenvalue weighted by Gasteiger charge is 2.14. The maximum atomic E-state index is 9.13. The highest BCUT2D eigenvalue weighted by atomic mass is 16.5. The van der Waals surface area contributed by atoms with Crippen molar-refractivity contribution in [2.45, 2.75) is 0 Å². The van der Waals surface area contributed by atoms with Crippen molar-refractivity contribution in [3.8, 4) is 23.3 Å². The molecule has 6 nitrogen and oxygen atoms in total. The number of hydrogen-bond donors (Lipinski definition) is 0. The predicted molar refractivity (Wildman–Crippen MR) is 97.7 cm³/mol. The van der Waals surface area contributed by atoms with Gasteiger partial charge in [0.05, 0.1) is 37.8 Å². The molecule has 1 aromatic heterocycles. The standard InChI is InChI=1S/C20H14N4O2/c1-22-17(12-21)18(25-2)14-9-10-15-16(11-14)23-19(24-20(15)26-3)13-7-5-4-6-8-13/h4-11H,2-3H3/b18-17-. The molecular formula is C20H14N4O2. The Morgan fingerprint density at radius 2 is 1.88 bits per heavy atom. The third kappa shape index (κ3) is 3.04. The number of rotatable bonds is 4. The van der Waals surface area contributed by atoms with Gasteiger partial charge < -0.3 is 9.47 Å². The van der Waals surface area contributed by atoms with E-state index < -0.39 is 0 Å². The van der Waals surface area contributed by atoms with Gasteiger partial charge in [-0.2, -0.15) is 4.98 Å². The van der Waals surface area contributed by atoms with E-state index in [0.29, 0.717) is 22.8 Å². The number of allylic oxidation sites excluding steroid dienone is 1. The smallest absolute Gasteiger partial charge is 0.303 e. The lowest BCUT2D eigenvalue weighted by atomic mass is 10.1. The lowest BCUT2D eigenvalue weighted by molar-refractivity contribution is 0.368. The van der Waals surface area contributed by atoms with Crippen LogP contribution in [0, 0.1) is 17.9 Å². The zero-order valence-corrected chi connectivity index (χ0v) is 14.2. The highest BCUT2D eigenvalue weighted by Crippen LogP contribution is 2.30. The first-order chi connectivity index (χ1) is 12.7. The molecule has 126 valence electrons. The summed E-state index contributed by atoms with van der Waals surface area (Å²) in [5.41, 5.74) is 1.97. The Morgan fingerprint density at radius 1 is 1.12 bits per heavy atom. The first-order valence-electron chi connectivity index (χ1n) is 7.69. The third-order valence-corrected chi connectivity index (χ3v) is 3.79. The molecule has 3 aromatic rings. The van der Waals surface area contributed by atoms with E-state index in [1.807, 2.05) is 36.4 Å². The second-order valence-corrected chi connectivity index (χ2v) is 5.26. The Kier molecular flexibility index (Phi) is 4.78. The van der Waals surface area contributed by atoms with Gasteiger partial charge >= 0.3 is 5.70 Å². The van der Waals surface area contributed by atoms with E-state index in [-0.39, 0.29) is 11.5 Å². The Bertz CT molecular complexity index is 1060. The maximum absolute atomic E-state index is 9.13. The van der Waals surface area contributed by atoms with Gasteiger partial charge in [0.25, 0.3) is 0 Å². The first kappa shape index (κ1) is 16.9. The minimum absolute atomic E-state index is 0.115. The number of benzene rings is 2. The summed E-state index contributed by atoms with van der Waals surface area (Å²) in [5, 5.41) is 9.86. The molecule has 0 saturated carbocycles. The molecule has 6 heteroatoms. The van der Waals surface area contributed by atoms with Gasteiger partial charge in [-0.15, -0.1) is 0 Å². The van der Waals surface area contributed by atoms with E-state index in [0.717, 1.165) is 10.9 Å². The first-order valence-corrected chi connectivity index (χ1v) is 7.69. The quantitative estimate of drug-likeness (QED) is 0.406. The minimum Gasteiger partial charge on any atom is -0.506 e. The zero-order valence-electron chi connectivity index (χ0n) is 14.2. The average Bonchev–Trinajstić information content (AvgIpc) is 2.71. The molecule has 0 fully saturated rings. The molecule has 0 N–H and O–H groups in total. The largest absolute Gasteiger partial charge is 0.506 e. The molecule has 1 heterocycles. The Morgan fingerprint density at radius 3 is 2.50 bits per heavy atom. The van der Waals surface area contributed by atoms with Crippen LogP contribution in [0.4, 0.5) is 0 Å². The van der Waals surface area contributed by atoms with Gasteiger partial charge in [0, 0.05) is 11.1 Å². The fourth-order valence-electron chi connectivity index (χ4n) is 2.59. The zero-order chi connectivity index (χ0) is 18.5. The van der Waals surface area contributed by atoms with Crippen molar-refractivity contribution in [1.29, 1.82) is 5.26 Å². The Balaban J connectivity index is 2.25. The van der Waals surface area contributed by atoms with Crippen LogP contribution in [-0.2, 0) is 4.74 Å². The lowest BCUT2D eigenvalue weighted by Gasteiger charge is -2.11. The van der Waals surface area contributed by atoms with E-state index in [2.05, 4.69) is 14.8 Å². The lowest BCUT2D eigenvalue weighted by Crippen LogP contribution is -1.98. The van der Waals surface area contributed by atoms with Crippen molar-refractivity contribution in [3.63, 3.8) is 0 Å². The normalized spacial score (nSPS) is 11.2. The molecule has 0 atom stereocenters. The topological polar surface area (TPSA) is 72.4 Å². The molecule has 3 rings (SSSR count). The van der Waals surface area contributed by atoms with E-state index in [1.165, 1.54) is 7.11 Å². The summed E-state index contributed by atoms with van der Waals surface area (Å²) >= 11 is 0. The van der Waals surface area contributed by atoms with Gasteiger partial charge in [-0.05, 0) is 12.1 Å². The van der Waals surface area contributed by atoms with Gasteiger partial charge in [-0.1, -0.05) is 36.4 Å². The van der Waals surface area contributed by atoms with E-state index in [1.54, 1.807) is 25.3 Å². The molecule has 0 saturated heterocycles. The molecule has 0 aliphatic rings. The Hall–Kier alpha value is -3.90. The number of nitriles is 1. The monoisotopic (exact) mass is 342 g/mol. The number of methoxy groups -OCH3 is 2. The van der Waals surface area contributed by atoms with Crippen molar-refractivity contribution in [3.05, 3.63) is 71.2 Å². The van der Waals surface area contributed by atoms with Crippen LogP contribution in [0.5, 0.6) is 5.88 Å². The Labute approximate surface area is 150 Å². The molecule has 0 aliphatic heterocycles. The third-order valence-electron chi connectivity index (χ3n) is 3.79. The van der Waals surface area contributed by atoms with Crippen LogP contribution in [0.1, 0.15) is 5.56 Å². The summed E-state index contributed by atoms with van der Waals surface area (Å²) in [6.45, 7) is 7.14. The SMILES string of the molecule is [C-]#[N+]/C(C#N)=C(\OC)c1ccc2c(OC)nc(-c3ccccc3)nc2c1. The molecule has 0 unspecified atom stereocenters. The highest BCUT2D eigenvalue weighted by molar-refractivity contribution is 5.88. The number of aromatic nitrogens is 2. The van der Waals surface area contributed by atoms with Crippen molar-refractivity contribution >= 4 is 16.7 Å². The van der Waals surface area contributed by atoms with Crippen LogP contribution < -0.4 is 4.74 Å². The summed E-state index contributed by atoms with van der Waals surface area (Å²) < 4.78 is 10.7.